The van der Waals surface area contributed by atoms with Crippen molar-refractivity contribution in [3.63, 3.8) is 0 Å². The average molecular weight is 974 g/mol. The predicted octanol–water partition coefficient (Wildman–Crippen LogP) is 20.9. The van der Waals surface area contributed by atoms with Crippen molar-refractivity contribution in [2.45, 2.75) is 137 Å². The van der Waals surface area contributed by atoms with Gasteiger partial charge in [-0.3, -0.25) is 4.39 Å². The summed E-state index contributed by atoms with van der Waals surface area (Å²) in [5, 5.41) is 7.32. The van der Waals surface area contributed by atoms with Crippen LogP contribution in [0.4, 0.5) is 4.39 Å². The highest BCUT2D eigenvalue weighted by Gasteiger charge is 2.12. The van der Waals surface area contributed by atoms with Crippen molar-refractivity contribution in [3.8, 4) is 6.07 Å². The van der Waals surface area contributed by atoms with Crippen molar-refractivity contribution in [2.75, 3.05) is 7.18 Å². The predicted molar refractivity (Wildman–Crippen MR) is 321 cm³/mol. The summed E-state index contributed by atoms with van der Waals surface area (Å²) in [7, 11) is 0.500. The summed E-state index contributed by atoms with van der Waals surface area (Å²) in [5.41, 5.74) is 18.2. The lowest BCUT2D eigenvalue weighted by atomic mass is 9.87. The molecule has 0 radical (unpaired) electrons. The van der Waals surface area contributed by atoms with Crippen molar-refractivity contribution < 1.29 is 11.2 Å². The van der Waals surface area contributed by atoms with Gasteiger partial charge in [-0.15, -0.1) is 0 Å². The van der Waals surface area contributed by atoms with Gasteiger partial charge in [0.05, 0.1) is 20.1 Å². The van der Waals surface area contributed by atoms with E-state index >= 15 is 0 Å². The first-order valence-electron chi connectivity index (χ1n) is 27.2. The number of halogens is 1. The van der Waals surface area contributed by atoms with Crippen molar-refractivity contribution in [1.82, 2.24) is 0 Å². The Morgan fingerprint density at radius 3 is 0.819 bits per heavy atom. The molecule has 2 heteroatoms. The van der Waals surface area contributed by atoms with E-state index in [-0.39, 0.29) is 35.6 Å². The molecule has 8 aromatic carbocycles. The fourth-order valence-electron chi connectivity index (χ4n) is 5.96. The number of aryl methyl sites for hydroxylation is 11. The molecule has 0 aromatic heterocycles. The van der Waals surface area contributed by atoms with E-state index in [2.05, 4.69) is 207 Å². The molecule has 8 aromatic rings. The smallest absolute Gasteiger partial charge is 0.0785 e. The number of alkyl halides is 1. The van der Waals surface area contributed by atoms with Gasteiger partial charge in [-0.05, 0) is 118 Å². The Hall–Kier alpha value is -6.82. The van der Waals surface area contributed by atoms with Crippen LogP contribution in [0.1, 0.15) is 126 Å². The Bertz CT molecular complexity index is 2450. The molecule has 0 bridgehead atoms. The maximum absolute atomic E-state index is 9.50. The second kappa shape index (κ2) is 44.1. The largest absolute Gasteiger partial charge is 0.255 e. The molecule has 0 atom stereocenters. The zero-order valence-corrected chi connectivity index (χ0v) is 48.1. The first-order valence-corrected chi connectivity index (χ1v) is 24.7. The SMILES string of the molecule is CC.CC#N.CF.Cc1cc(C)c(C)c(C)c1.Cc1cc(C)cc(C)c1.Cc1ccc(C(C)(C)C)cc1.Cc1ccccc1.Cc1ccccc1.Cc1ccccc1.Cc1ccccc1.[2H]c1c([2H])c([2H])c(C)c([2H])c1[2H]. The van der Waals surface area contributed by atoms with Gasteiger partial charge in [0.25, 0.3) is 0 Å². The van der Waals surface area contributed by atoms with Gasteiger partial charge < -0.3 is 0 Å². The Kier molecular flexibility index (Phi) is 36.5. The molecule has 0 saturated carbocycles. The van der Waals surface area contributed by atoms with Crippen LogP contribution in [0.3, 0.4) is 0 Å². The van der Waals surface area contributed by atoms with E-state index in [0.29, 0.717) is 12.7 Å². The van der Waals surface area contributed by atoms with Crippen LogP contribution in [0, 0.1) is 101 Å². The van der Waals surface area contributed by atoms with E-state index in [1.165, 1.54) is 86.2 Å². The van der Waals surface area contributed by atoms with Gasteiger partial charge >= 0.3 is 0 Å². The molecule has 0 unspecified atom stereocenters. The first-order chi connectivity index (χ1) is 36.2. The highest BCUT2D eigenvalue weighted by atomic mass is 19.1. The highest BCUT2D eigenvalue weighted by molar-refractivity contribution is 5.36. The van der Waals surface area contributed by atoms with Gasteiger partial charge in [-0.25, -0.2) is 0 Å². The number of nitrogens with zero attached hydrogens (tertiary/aromatic N) is 1. The van der Waals surface area contributed by atoms with Crippen molar-refractivity contribution in [1.29, 1.82) is 5.26 Å². The third kappa shape index (κ3) is 41.0. The molecule has 0 saturated heterocycles. The molecule has 1 nitrogen and oxygen atoms in total. The Morgan fingerprint density at radius 2 is 0.597 bits per heavy atom. The second-order valence-electron chi connectivity index (χ2n) is 17.9. The third-order valence-electron chi connectivity index (χ3n) is 9.74. The maximum Gasteiger partial charge on any atom is 0.0785 e. The number of hydrogen-bond acceptors (Lipinski definition) is 1. The summed E-state index contributed by atoms with van der Waals surface area (Å²) in [6.07, 6.45) is 0. The van der Waals surface area contributed by atoms with Crippen LogP contribution < -0.4 is 0 Å². The fraction of sp³-hybridized carbons (Fsp3) is 0.300. The molecule has 72 heavy (non-hydrogen) atoms. The average Bonchev–Trinajstić information content (AvgIpc) is 3.39. The third-order valence-corrected chi connectivity index (χ3v) is 9.74. The Labute approximate surface area is 449 Å². The standard InChI is InChI=1S/C11H16.C10H14.C9H12.5C7H8.C2H3N.C2H6.CH3F/c1-9-5-7-10(8-6-9)11(2,3)4;1-7-5-8(2)10(4)9(3)6-7;1-7-4-8(2)6-9(3)5-7;5*1-7-5-3-2-4-6-7;1-2-3;2*1-2/h5-8H,1-4H3;5-6H,1-4H3;4-6H,1-3H3;5*2-6H,1H3;1H3;1-2H3;1H3/i;;;2D,3D,4D,5D,6D;;;;;;;. The maximum atomic E-state index is 9.50. The number of benzene rings is 8. The van der Waals surface area contributed by atoms with Crippen LogP contribution >= 0.6 is 0 Å². The summed E-state index contributed by atoms with van der Waals surface area (Å²) >= 11 is 0. The van der Waals surface area contributed by atoms with Gasteiger partial charge in [0.1, 0.15) is 0 Å². The molecule has 0 heterocycles. The van der Waals surface area contributed by atoms with E-state index in [1.54, 1.807) is 6.07 Å². The van der Waals surface area contributed by atoms with E-state index in [4.69, 9.17) is 12.1 Å². The minimum atomic E-state index is -0.337. The van der Waals surface area contributed by atoms with Crippen LogP contribution in [0.2, 0.25) is 0 Å². The molecule has 386 valence electrons. The van der Waals surface area contributed by atoms with Crippen LogP contribution in [-0.2, 0) is 5.41 Å². The topological polar surface area (TPSA) is 23.8 Å². The summed E-state index contributed by atoms with van der Waals surface area (Å²) < 4.78 is 45.8. The van der Waals surface area contributed by atoms with Gasteiger partial charge in [-0.2, -0.15) is 5.26 Å². The molecule has 0 N–H and O–H groups in total. The fourth-order valence-corrected chi connectivity index (χ4v) is 5.96. The van der Waals surface area contributed by atoms with Crippen LogP contribution in [0.25, 0.3) is 0 Å². The molecule has 8 rings (SSSR count). The van der Waals surface area contributed by atoms with E-state index in [0.717, 1.165) is 0 Å². The monoisotopic (exact) mass is 973 g/mol. The molecular formula is C70H94FN. The normalized spacial score (nSPS) is 9.86. The Balaban J connectivity index is -0.000000804. The quantitative estimate of drug-likeness (QED) is 0.149. The van der Waals surface area contributed by atoms with E-state index in [1.807, 2.05) is 86.6 Å². The molecular weight excluding hydrogens is 874 g/mol. The number of hydrogen-bond donors (Lipinski definition) is 0. The lowest BCUT2D eigenvalue weighted by Gasteiger charge is -2.18. The van der Waals surface area contributed by atoms with Gasteiger partial charge in [0.15, 0.2) is 0 Å². The zero-order chi connectivity index (χ0) is 59.7. The van der Waals surface area contributed by atoms with E-state index in [9.17, 15) is 4.39 Å². The van der Waals surface area contributed by atoms with Crippen LogP contribution in [0.15, 0.2) is 206 Å². The number of nitriles is 1. The summed E-state index contributed by atoms with van der Waals surface area (Å²) in [5.74, 6) is 0. The lowest BCUT2D eigenvalue weighted by molar-refractivity contribution is 0.590. The van der Waals surface area contributed by atoms with Gasteiger partial charge in [0, 0.05) is 6.92 Å². The van der Waals surface area contributed by atoms with E-state index < -0.39 is 0 Å². The highest BCUT2D eigenvalue weighted by Crippen LogP contribution is 2.21. The van der Waals surface area contributed by atoms with Crippen LogP contribution in [-0.4, -0.2) is 7.18 Å². The molecule has 0 spiro atoms. The lowest BCUT2D eigenvalue weighted by Crippen LogP contribution is -2.10. The summed E-state index contributed by atoms with van der Waals surface area (Å²) in [4.78, 5) is 0. The molecule has 0 fully saturated rings. The molecule has 0 amide bonds. The second-order valence-corrected chi connectivity index (χ2v) is 17.9. The molecule has 0 aliphatic rings. The minimum absolute atomic E-state index is 0.124. The summed E-state index contributed by atoms with van der Waals surface area (Å²) in [6, 6.07) is 61.4. The first kappa shape index (κ1) is 59.5. The molecule has 0 aliphatic carbocycles. The van der Waals surface area contributed by atoms with Gasteiger partial charge in [-0.1, -0.05) is 296 Å². The zero-order valence-electron chi connectivity index (χ0n) is 53.1. The summed E-state index contributed by atoms with van der Waals surface area (Å²) in [6.45, 7) is 39.1. The van der Waals surface area contributed by atoms with Crippen LogP contribution in [0.5, 0.6) is 0 Å². The van der Waals surface area contributed by atoms with Crippen molar-refractivity contribution in [2.24, 2.45) is 0 Å². The van der Waals surface area contributed by atoms with Gasteiger partial charge in [0.2, 0.25) is 0 Å². The Morgan fingerprint density at radius 1 is 0.361 bits per heavy atom. The number of rotatable bonds is 0. The van der Waals surface area contributed by atoms with Crippen molar-refractivity contribution in [3.05, 3.63) is 284 Å². The molecule has 0 aliphatic heterocycles. The minimum Gasteiger partial charge on any atom is -0.255 e. The van der Waals surface area contributed by atoms with Crippen molar-refractivity contribution >= 4 is 0 Å².